The zero-order chi connectivity index (χ0) is 6.24. The first-order chi connectivity index (χ1) is 3.91. The molecule has 63 valence electrons. The molecule has 0 aliphatic rings. The van der Waals surface area contributed by atoms with Crippen LogP contribution < -0.4 is 0 Å². The minimum absolute atomic E-state index is 0. The summed E-state index contributed by atoms with van der Waals surface area (Å²) in [5, 5.41) is 0. The number of hydrogen-bond acceptors (Lipinski definition) is 2. The van der Waals surface area contributed by atoms with E-state index in [1.54, 1.807) is 7.11 Å². The van der Waals surface area contributed by atoms with E-state index in [2.05, 4.69) is 6.92 Å². The third-order valence-corrected chi connectivity index (χ3v) is 0.780. The van der Waals surface area contributed by atoms with E-state index in [-0.39, 0.29) is 36.9 Å². The minimum Gasteiger partial charge on any atom is -0.382 e. The normalized spacial score (nSPS) is 8.67. The molecule has 0 saturated heterocycles. The number of methoxy groups -OCH3 is 1. The monoisotopic (exact) mass is 287 g/mol. The Morgan fingerprint density at radius 1 is 1.11 bits per heavy atom. The molecule has 2 nitrogen and oxygen atoms in total. The molecule has 0 spiro atoms. The summed E-state index contributed by atoms with van der Waals surface area (Å²) in [5.41, 5.74) is 0. The molecule has 0 amide bonds. The topological polar surface area (TPSA) is 18.5 Å². The predicted octanol–water partition coefficient (Wildman–Crippen LogP) is 1.06. The van der Waals surface area contributed by atoms with Crippen molar-refractivity contribution in [2.75, 3.05) is 26.9 Å². The van der Waals surface area contributed by atoms with Crippen LogP contribution in [0.5, 0.6) is 0 Å². The van der Waals surface area contributed by atoms with Crippen molar-refractivity contribution in [3.8, 4) is 0 Å². The van der Waals surface area contributed by atoms with Gasteiger partial charge in [-0.15, -0.1) is 0 Å². The Morgan fingerprint density at radius 2 is 1.78 bits per heavy atom. The van der Waals surface area contributed by atoms with E-state index in [0.29, 0.717) is 6.61 Å². The molecule has 3 heteroatoms. The van der Waals surface area contributed by atoms with Gasteiger partial charge in [0, 0.05) is 50.6 Å². The second-order valence-electron chi connectivity index (χ2n) is 1.61. The fourth-order valence-electron chi connectivity index (χ4n) is 0.389. The van der Waals surface area contributed by atoms with Crippen molar-refractivity contribution in [1.29, 1.82) is 0 Å². The second-order valence-corrected chi connectivity index (χ2v) is 1.61. The summed E-state index contributed by atoms with van der Waals surface area (Å²) >= 11 is 0. The Balaban J connectivity index is 0. The standard InChI is InChI=1S/C6H14O2.Tm/c1-3-4-8-6-5-7-2;/h3-6H2,1-2H3;. The molecule has 0 N–H and O–H groups in total. The molecule has 0 atom stereocenters. The Kier molecular flexibility index (Phi) is 16.9. The van der Waals surface area contributed by atoms with E-state index in [4.69, 9.17) is 9.47 Å². The zero-order valence-corrected chi connectivity index (χ0v) is 7.70. The van der Waals surface area contributed by atoms with Crippen molar-refractivity contribution in [3.05, 3.63) is 0 Å². The van der Waals surface area contributed by atoms with Crippen LogP contribution in [0.1, 0.15) is 13.3 Å². The Hall–Kier alpha value is 1.15. The van der Waals surface area contributed by atoms with Gasteiger partial charge in [0.1, 0.15) is 0 Å². The van der Waals surface area contributed by atoms with Crippen LogP contribution in [0.4, 0.5) is 0 Å². The number of ether oxygens (including phenoxy) is 2. The van der Waals surface area contributed by atoms with Gasteiger partial charge in [0.05, 0.1) is 13.2 Å². The zero-order valence-electron chi connectivity index (χ0n) is 5.92. The average molecular weight is 287 g/mol. The van der Waals surface area contributed by atoms with Crippen molar-refractivity contribution in [2.24, 2.45) is 0 Å². The first-order valence-corrected chi connectivity index (χ1v) is 2.98. The van der Waals surface area contributed by atoms with Gasteiger partial charge in [-0.1, -0.05) is 6.92 Å². The maximum atomic E-state index is 5.10. The predicted molar refractivity (Wildman–Crippen MR) is 33.0 cm³/mol. The van der Waals surface area contributed by atoms with Gasteiger partial charge in [-0.25, -0.2) is 0 Å². The molecule has 0 rings (SSSR count). The molecule has 9 heavy (non-hydrogen) atoms. The third-order valence-electron chi connectivity index (χ3n) is 0.780. The molecule has 0 saturated carbocycles. The van der Waals surface area contributed by atoms with Gasteiger partial charge >= 0.3 is 0 Å². The van der Waals surface area contributed by atoms with Crippen LogP contribution in [0.2, 0.25) is 0 Å². The number of hydrogen-bond donors (Lipinski definition) is 0. The molecule has 0 unspecified atom stereocenters. The van der Waals surface area contributed by atoms with Crippen molar-refractivity contribution >= 4 is 0 Å². The Labute approximate surface area is 86.1 Å². The molecule has 0 aliphatic carbocycles. The maximum Gasteiger partial charge on any atom is 0.0700 e. The smallest absolute Gasteiger partial charge is 0.0700 e. The third kappa shape index (κ3) is 12.4. The quantitative estimate of drug-likeness (QED) is 0.704. The summed E-state index contributed by atoms with van der Waals surface area (Å²) in [6.45, 7) is 4.38. The molecular formula is C6H14O2Tm. The van der Waals surface area contributed by atoms with Gasteiger partial charge in [0.25, 0.3) is 0 Å². The van der Waals surface area contributed by atoms with Crippen molar-refractivity contribution in [2.45, 2.75) is 13.3 Å². The van der Waals surface area contributed by atoms with Gasteiger partial charge in [-0.2, -0.15) is 0 Å². The van der Waals surface area contributed by atoms with Gasteiger partial charge in [0.2, 0.25) is 0 Å². The second kappa shape index (κ2) is 11.9. The molecule has 0 aliphatic heterocycles. The van der Waals surface area contributed by atoms with Crippen LogP contribution in [0.3, 0.4) is 0 Å². The first kappa shape index (κ1) is 12.8. The molecule has 0 aromatic carbocycles. The summed E-state index contributed by atoms with van der Waals surface area (Å²) in [6.07, 6.45) is 1.09. The molecular weight excluding hydrogens is 273 g/mol. The van der Waals surface area contributed by atoms with Crippen LogP contribution in [-0.2, 0) is 9.47 Å². The summed E-state index contributed by atoms with van der Waals surface area (Å²) in [7, 11) is 1.68. The van der Waals surface area contributed by atoms with Crippen LogP contribution in [0, 0.1) is 36.9 Å². The fraction of sp³-hybridized carbons (Fsp3) is 1.00. The van der Waals surface area contributed by atoms with E-state index in [1.165, 1.54) is 0 Å². The molecule has 0 bridgehead atoms. The van der Waals surface area contributed by atoms with E-state index in [0.717, 1.165) is 19.6 Å². The average Bonchev–Trinajstić information content (AvgIpc) is 1.81. The number of rotatable bonds is 5. The molecule has 0 aromatic rings. The van der Waals surface area contributed by atoms with Gasteiger partial charge < -0.3 is 9.47 Å². The summed E-state index contributed by atoms with van der Waals surface area (Å²) < 4.78 is 9.86. The molecule has 0 heterocycles. The van der Waals surface area contributed by atoms with Crippen LogP contribution in [0.15, 0.2) is 0 Å². The molecule has 0 aromatic heterocycles. The van der Waals surface area contributed by atoms with Crippen molar-refractivity contribution in [1.82, 2.24) is 0 Å². The van der Waals surface area contributed by atoms with E-state index >= 15 is 0 Å². The minimum atomic E-state index is 0. The van der Waals surface area contributed by atoms with Gasteiger partial charge in [0.15, 0.2) is 0 Å². The van der Waals surface area contributed by atoms with Crippen LogP contribution >= 0.6 is 0 Å². The SMILES string of the molecule is CCCOCCOC.[Tm]. The maximum absolute atomic E-state index is 5.10. The fourth-order valence-corrected chi connectivity index (χ4v) is 0.389. The molecule has 1 radical (unpaired) electrons. The summed E-state index contributed by atoms with van der Waals surface area (Å²) in [4.78, 5) is 0. The van der Waals surface area contributed by atoms with Gasteiger partial charge in [-0.05, 0) is 6.42 Å². The largest absolute Gasteiger partial charge is 0.382 e. The Bertz CT molecular complexity index is 36.0. The van der Waals surface area contributed by atoms with Crippen molar-refractivity contribution in [3.63, 3.8) is 0 Å². The first-order valence-electron chi connectivity index (χ1n) is 2.98. The van der Waals surface area contributed by atoms with Gasteiger partial charge in [-0.3, -0.25) is 0 Å². The van der Waals surface area contributed by atoms with Crippen LogP contribution in [-0.4, -0.2) is 26.9 Å². The van der Waals surface area contributed by atoms with E-state index < -0.39 is 0 Å². The Morgan fingerprint density at radius 3 is 2.22 bits per heavy atom. The summed E-state index contributed by atoms with van der Waals surface area (Å²) in [5.74, 6) is 0. The van der Waals surface area contributed by atoms with Crippen LogP contribution in [0.25, 0.3) is 0 Å². The summed E-state index contributed by atoms with van der Waals surface area (Å²) in [6, 6.07) is 0. The van der Waals surface area contributed by atoms with E-state index in [1.807, 2.05) is 0 Å². The molecule has 0 fully saturated rings. The van der Waals surface area contributed by atoms with Crippen molar-refractivity contribution < 1.29 is 46.3 Å². The van der Waals surface area contributed by atoms with E-state index in [9.17, 15) is 0 Å².